The number of nitrogens with zero attached hydrogens (tertiary/aromatic N) is 1. The summed E-state index contributed by atoms with van der Waals surface area (Å²) in [4.78, 5) is 29.1. The number of hydrogen-bond acceptors (Lipinski definition) is 6. The predicted octanol–water partition coefficient (Wildman–Crippen LogP) is 4.57. The Bertz CT molecular complexity index is 998. The van der Waals surface area contributed by atoms with E-state index in [-0.39, 0.29) is 0 Å². The molecule has 0 unspecified atom stereocenters. The minimum Gasteiger partial charge on any atom is -0.497 e. The minimum atomic E-state index is -0.968. The van der Waals surface area contributed by atoms with E-state index >= 15 is 0 Å². The standard InChI is InChI=1S/C22H22N2O4S/c1-4-15-8-10-16(11-9-15)19-13-29-22(23-19)24-20(25)14(2)28-21(26)17-6-5-7-18(12-17)27-3/h5-14H,4H2,1-3H3,(H,23,24,25)/t14-/m0/s1. The SMILES string of the molecule is CCc1ccc(-c2csc(NC(=O)[C@H](C)OC(=O)c3cccc(OC)c3)n2)cc1. The summed E-state index contributed by atoms with van der Waals surface area (Å²) >= 11 is 1.32. The molecule has 0 saturated carbocycles. The quantitative estimate of drug-likeness (QED) is 0.578. The van der Waals surface area contributed by atoms with Crippen LogP contribution in [0.5, 0.6) is 5.75 Å². The van der Waals surface area contributed by atoms with Crippen molar-refractivity contribution in [1.29, 1.82) is 0 Å². The molecule has 0 saturated heterocycles. The summed E-state index contributed by atoms with van der Waals surface area (Å²) in [5.74, 6) is -0.496. The van der Waals surface area contributed by atoms with Crippen LogP contribution >= 0.6 is 11.3 Å². The molecule has 150 valence electrons. The molecular weight excluding hydrogens is 388 g/mol. The van der Waals surface area contributed by atoms with E-state index in [9.17, 15) is 9.59 Å². The molecule has 1 atom stereocenters. The van der Waals surface area contributed by atoms with Gasteiger partial charge in [-0.3, -0.25) is 10.1 Å². The van der Waals surface area contributed by atoms with E-state index < -0.39 is 18.0 Å². The molecule has 1 N–H and O–H groups in total. The number of benzene rings is 2. The zero-order chi connectivity index (χ0) is 20.8. The van der Waals surface area contributed by atoms with Gasteiger partial charge in [-0.2, -0.15) is 0 Å². The second kappa shape index (κ2) is 9.34. The molecule has 1 aromatic heterocycles. The van der Waals surface area contributed by atoms with E-state index in [0.717, 1.165) is 17.7 Å². The number of esters is 1. The molecule has 0 fully saturated rings. The summed E-state index contributed by atoms with van der Waals surface area (Å²) in [6, 6.07) is 14.7. The molecule has 0 bridgehead atoms. The highest BCUT2D eigenvalue weighted by atomic mass is 32.1. The van der Waals surface area contributed by atoms with Crippen LogP contribution in [0.1, 0.15) is 29.8 Å². The molecule has 2 aromatic carbocycles. The third-order valence-corrected chi connectivity index (χ3v) is 5.11. The predicted molar refractivity (Wildman–Crippen MR) is 113 cm³/mol. The van der Waals surface area contributed by atoms with Crippen LogP contribution in [0, 0.1) is 0 Å². The van der Waals surface area contributed by atoms with Gasteiger partial charge in [0.15, 0.2) is 11.2 Å². The lowest BCUT2D eigenvalue weighted by atomic mass is 10.1. The molecule has 1 amide bonds. The number of nitrogens with one attached hydrogen (secondary N) is 1. The van der Waals surface area contributed by atoms with Crippen molar-refractivity contribution in [1.82, 2.24) is 4.98 Å². The fraction of sp³-hybridized carbons (Fsp3) is 0.227. The summed E-state index contributed by atoms with van der Waals surface area (Å²) in [6.45, 7) is 3.62. The molecule has 1 heterocycles. The first-order valence-corrected chi connectivity index (χ1v) is 10.1. The zero-order valence-corrected chi connectivity index (χ0v) is 17.3. The first-order chi connectivity index (χ1) is 14.0. The molecule has 0 aliphatic rings. The van der Waals surface area contributed by atoms with Gasteiger partial charge in [0, 0.05) is 10.9 Å². The van der Waals surface area contributed by atoms with E-state index in [1.165, 1.54) is 30.9 Å². The molecule has 6 nitrogen and oxygen atoms in total. The Hall–Kier alpha value is -3.19. The fourth-order valence-corrected chi connectivity index (χ4v) is 3.34. The maximum atomic E-state index is 12.4. The summed E-state index contributed by atoms with van der Waals surface area (Å²) < 4.78 is 10.4. The van der Waals surface area contributed by atoms with E-state index in [0.29, 0.717) is 16.4 Å². The van der Waals surface area contributed by atoms with Gasteiger partial charge in [0.2, 0.25) is 0 Å². The van der Waals surface area contributed by atoms with Crippen LogP contribution in [-0.4, -0.2) is 30.1 Å². The number of amides is 1. The number of thiazole rings is 1. The fourth-order valence-electron chi connectivity index (χ4n) is 2.61. The molecule has 0 aliphatic carbocycles. The monoisotopic (exact) mass is 410 g/mol. The van der Waals surface area contributed by atoms with E-state index in [1.807, 2.05) is 17.5 Å². The van der Waals surface area contributed by atoms with Gasteiger partial charge in [0.05, 0.1) is 18.4 Å². The number of methoxy groups -OCH3 is 1. The summed E-state index contributed by atoms with van der Waals surface area (Å²) in [5, 5.41) is 5.03. The van der Waals surface area contributed by atoms with Crippen molar-refractivity contribution >= 4 is 28.3 Å². The average Bonchev–Trinajstić information content (AvgIpc) is 3.22. The van der Waals surface area contributed by atoms with Gasteiger partial charge >= 0.3 is 5.97 Å². The molecule has 29 heavy (non-hydrogen) atoms. The third kappa shape index (κ3) is 5.20. The number of rotatable bonds is 7. The first-order valence-electron chi connectivity index (χ1n) is 9.21. The summed E-state index contributed by atoms with van der Waals surface area (Å²) in [7, 11) is 1.51. The van der Waals surface area contributed by atoms with Gasteiger partial charge in [0.25, 0.3) is 5.91 Å². The second-order valence-electron chi connectivity index (χ2n) is 6.36. The molecular formula is C22H22N2O4S. The average molecular weight is 410 g/mol. The van der Waals surface area contributed by atoms with Crippen LogP contribution in [0.3, 0.4) is 0 Å². The van der Waals surface area contributed by atoms with Crippen molar-refractivity contribution in [2.24, 2.45) is 0 Å². The largest absolute Gasteiger partial charge is 0.497 e. The van der Waals surface area contributed by atoms with Crippen LogP contribution in [0.4, 0.5) is 5.13 Å². The van der Waals surface area contributed by atoms with E-state index in [2.05, 4.69) is 29.4 Å². The Labute approximate surface area is 173 Å². The summed E-state index contributed by atoms with van der Waals surface area (Å²) in [6.07, 6.45) is 0.00951. The Morgan fingerprint density at radius 3 is 2.62 bits per heavy atom. The molecule has 3 aromatic rings. The smallest absolute Gasteiger partial charge is 0.339 e. The second-order valence-corrected chi connectivity index (χ2v) is 7.22. The topological polar surface area (TPSA) is 77.5 Å². The lowest BCUT2D eigenvalue weighted by molar-refractivity contribution is -0.123. The number of hydrogen-bond donors (Lipinski definition) is 1. The van der Waals surface area contributed by atoms with E-state index in [1.54, 1.807) is 24.3 Å². The molecule has 7 heteroatoms. The first kappa shape index (κ1) is 20.5. The third-order valence-electron chi connectivity index (χ3n) is 4.35. The van der Waals surface area contributed by atoms with Gasteiger partial charge < -0.3 is 9.47 Å². The van der Waals surface area contributed by atoms with Crippen LogP contribution in [0.2, 0.25) is 0 Å². The Morgan fingerprint density at radius 2 is 1.93 bits per heavy atom. The lowest BCUT2D eigenvalue weighted by Gasteiger charge is -2.12. The Balaban J connectivity index is 1.60. The zero-order valence-electron chi connectivity index (χ0n) is 16.5. The minimum absolute atomic E-state index is 0.316. The maximum Gasteiger partial charge on any atom is 0.339 e. The number of aromatic nitrogens is 1. The van der Waals surface area contributed by atoms with Gasteiger partial charge in [-0.1, -0.05) is 37.3 Å². The lowest BCUT2D eigenvalue weighted by Crippen LogP contribution is -2.30. The van der Waals surface area contributed by atoms with Crippen molar-refractivity contribution in [3.8, 4) is 17.0 Å². The number of carbonyl (C=O) groups is 2. The molecule has 0 spiro atoms. The normalized spacial score (nSPS) is 11.6. The van der Waals surface area contributed by atoms with Gasteiger partial charge in [-0.05, 0) is 37.1 Å². The van der Waals surface area contributed by atoms with E-state index in [4.69, 9.17) is 9.47 Å². The number of carbonyl (C=O) groups excluding carboxylic acids is 2. The van der Waals surface area contributed by atoms with Crippen molar-refractivity contribution in [3.63, 3.8) is 0 Å². The highest BCUT2D eigenvalue weighted by Gasteiger charge is 2.20. The molecule has 3 rings (SSSR count). The van der Waals surface area contributed by atoms with Crippen LogP contribution < -0.4 is 10.1 Å². The highest BCUT2D eigenvalue weighted by Crippen LogP contribution is 2.25. The maximum absolute atomic E-state index is 12.4. The summed E-state index contributed by atoms with van der Waals surface area (Å²) in [5.41, 5.74) is 3.34. The van der Waals surface area contributed by atoms with Crippen molar-refractivity contribution < 1.29 is 19.1 Å². The van der Waals surface area contributed by atoms with Crippen molar-refractivity contribution in [2.45, 2.75) is 26.4 Å². The van der Waals surface area contributed by atoms with Crippen LogP contribution in [0.15, 0.2) is 53.9 Å². The molecule has 0 aliphatic heterocycles. The van der Waals surface area contributed by atoms with Gasteiger partial charge in [-0.15, -0.1) is 11.3 Å². The highest BCUT2D eigenvalue weighted by molar-refractivity contribution is 7.14. The number of aryl methyl sites for hydroxylation is 1. The Morgan fingerprint density at radius 1 is 1.17 bits per heavy atom. The van der Waals surface area contributed by atoms with Crippen molar-refractivity contribution in [3.05, 3.63) is 65.0 Å². The Kier molecular flexibility index (Phi) is 6.61. The van der Waals surface area contributed by atoms with Gasteiger partial charge in [0.1, 0.15) is 5.75 Å². The van der Waals surface area contributed by atoms with Gasteiger partial charge in [-0.25, -0.2) is 9.78 Å². The number of ether oxygens (including phenoxy) is 2. The van der Waals surface area contributed by atoms with Crippen LogP contribution in [0.25, 0.3) is 11.3 Å². The molecule has 0 radical (unpaired) electrons. The van der Waals surface area contributed by atoms with Crippen LogP contribution in [-0.2, 0) is 16.0 Å². The number of anilines is 1. The van der Waals surface area contributed by atoms with Crippen molar-refractivity contribution in [2.75, 3.05) is 12.4 Å².